The summed E-state index contributed by atoms with van der Waals surface area (Å²) in [4.78, 5) is 7.78. The van der Waals surface area contributed by atoms with Gasteiger partial charge in [-0.2, -0.15) is 4.98 Å². The van der Waals surface area contributed by atoms with Crippen molar-refractivity contribution in [3.8, 4) is 22.8 Å². The van der Waals surface area contributed by atoms with Crippen LogP contribution < -0.4 is 0 Å². The first-order chi connectivity index (χ1) is 13.5. The van der Waals surface area contributed by atoms with Crippen molar-refractivity contribution in [2.45, 2.75) is 26.0 Å². The maximum absolute atomic E-state index is 10.0. The summed E-state index contributed by atoms with van der Waals surface area (Å²) in [5.74, 6) is 0.936. The van der Waals surface area contributed by atoms with E-state index in [9.17, 15) is 5.11 Å². The summed E-state index contributed by atoms with van der Waals surface area (Å²) in [6.07, 6.45) is 1.89. The molecule has 2 aromatic carbocycles. The predicted octanol–water partition coefficient (Wildman–Crippen LogP) is 3.40. The van der Waals surface area contributed by atoms with E-state index >= 15 is 0 Å². The minimum atomic E-state index is -0.875. The molecule has 0 bridgehead atoms. The van der Waals surface area contributed by atoms with E-state index in [1.54, 1.807) is 18.5 Å². The van der Waals surface area contributed by atoms with Crippen LogP contribution in [0.3, 0.4) is 0 Å². The average Bonchev–Trinajstić information content (AvgIpc) is 3.39. The maximum Gasteiger partial charge on any atom is 0.258 e. The summed E-state index contributed by atoms with van der Waals surface area (Å²) in [6.45, 7) is 3.83. The van der Waals surface area contributed by atoms with Crippen molar-refractivity contribution in [2.24, 2.45) is 0 Å². The molecular formula is C20H18N6O2. The number of aromatic nitrogens is 6. The summed E-state index contributed by atoms with van der Waals surface area (Å²) in [5.41, 5.74) is 3.28. The Kier molecular flexibility index (Phi) is 3.56. The van der Waals surface area contributed by atoms with Crippen molar-refractivity contribution in [3.05, 3.63) is 48.7 Å². The number of nitrogens with zero attached hydrogens (tertiary/aromatic N) is 5. The summed E-state index contributed by atoms with van der Waals surface area (Å²) in [6, 6.07) is 13.6. The van der Waals surface area contributed by atoms with E-state index < -0.39 is 5.60 Å². The Hall–Kier alpha value is -3.52. The molecule has 3 heterocycles. The van der Waals surface area contributed by atoms with Crippen LogP contribution in [0.4, 0.5) is 0 Å². The van der Waals surface area contributed by atoms with Crippen LogP contribution in [0.2, 0.25) is 0 Å². The number of hydrogen-bond donors (Lipinski definition) is 2. The fraction of sp³-hybridized carbons (Fsp3) is 0.200. The highest BCUT2D eigenvalue weighted by Crippen LogP contribution is 2.28. The van der Waals surface area contributed by atoms with Crippen LogP contribution in [0.15, 0.2) is 53.2 Å². The Morgan fingerprint density at radius 2 is 2.07 bits per heavy atom. The third-order valence-electron chi connectivity index (χ3n) is 4.55. The first-order valence-electron chi connectivity index (χ1n) is 8.94. The summed E-state index contributed by atoms with van der Waals surface area (Å²) in [5, 5.41) is 23.6. The SMILES string of the molecule is CC(C)(O)Cn1nnc2cc(-c3nc(-c4cccc5cc[nH]c45)no3)ccc21. The minimum absolute atomic E-state index is 0.355. The quantitative estimate of drug-likeness (QED) is 0.499. The van der Waals surface area contributed by atoms with Gasteiger partial charge in [-0.1, -0.05) is 22.5 Å². The van der Waals surface area contributed by atoms with E-state index in [1.807, 2.05) is 48.7 Å². The Morgan fingerprint density at radius 1 is 1.18 bits per heavy atom. The molecule has 0 aliphatic rings. The number of rotatable bonds is 4. The Morgan fingerprint density at radius 3 is 2.93 bits per heavy atom. The molecule has 0 amide bonds. The first kappa shape index (κ1) is 16.6. The van der Waals surface area contributed by atoms with Crippen LogP contribution in [-0.2, 0) is 6.54 Å². The molecule has 8 heteroatoms. The minimum Gasteiger partial charge on any atom is -0.389 e. The Bertz CT molecular complexity index is 1290. The first-order valence-corrected chi connectivity index (χ1v) is 8.94. The van der Waals surface area contributed by atoms with Gasteiger partial charge in [-0.25, -0.2) is 4.68 Å². The monoisotopic (exact) mass is 374 g/mol. The molecule has 3 aromatic heterocycles. The normalized spacial score (nSPS) is 12.2. The number of hydrogen-bond acceptors (Lipinski definition) is 6. The van der Waals surface area contributed by atoms with Crippen molar-refractivity contribution in [2.75, 3.05) is 0 Å². The van der Waals surface area contributed by atoms with Gasteiger partial charge in [0.1, 0.15) is 5.52 Å². The molecule has 0 atom stereocenters. The molecule has 0 saturated heterocycles. The van der Waals surface area contributed by atoms with Gasteiger partial charge in [0, 0.05) is 22.7 Å². The van der Waals surface area contributed by atoms with Crippen molar-refractivity contribution in [3.63, 3.8) is 0 Å². The summed E-state index contributed by atoms with van der Waals surface area (Å²) >= 11 is 0. The number of benzene rings is 2. The molecule has 0 aliphatic carbocycles. The van der Waals surface area contributed by atoms with E-state index in [0.717, 1.165) is 27.5 Å². The van der Waals surface area contributed by atoms with Crippen LogP contribution in [0.25, 0.3) is 44.8 Å². The highest BCUT2D eigenvalue weighted by Gasteiger charge is 2.18. The fourth-order valence-electron chi connectivity index (χ4n) is 3.31. The van der Waals surface area contributed by atoms with Gasteiger partial charge < -0.3 is 14.6 Å². The van der Waals surface area contributed by atoms with Gasteiger partial charge in [0.05, 0.1) is 23.2 Å². The molecule has 0 radical (unpaired) electrons. The van der Waals surface area contributed by atoms with Crippen LogP contribution in [0.1, 0.15) is 13.8 Å². The van der Waals surface area contributed by atoms with Crippen molar-refractivity contribution < 1.29 is 9.63 Å². The predicted molar refractivity (Wildman–Crippen MR) is 104 cm³/mol. The largest absolute Gasteiger partial charge is 0.389 e. The van der Waals surface area contributed by atoms with Gasteiger partial charge in [0.15, 0.2) is 0 Å². The number of aromatic amines is 1. The second-order valence-electron chi connectivity index (χ2n) is 7.43. The van der Waals surface area contributed by atoms with E-state index in [-0.39, 0.29) is 0 Å². The van der Waals surface area contributed by atoms with E-state index in [4.69, 9.17) is 4.52 Å². The van der Waals surface area contributed by atoms with Gasteiger partial charge >= 0.3 is 0 Å². The zero-order chi connectivity index (χ0) is 19.3. The standard InChI is InChI=1S/C20H18N6O2/c1-20(2,27)11-26-16-7-6-13(10-15(16)23-25-26)19-22-18(24-28-19)14-5-3-4-12-8-9-21-17(12)14/h3-10,21,27H,11H2,1-2H3. The van der Waals surface area contributed by atoms with Crippen molar-refractivity contribution >= 4 is 21.9 Å². The van der Waals surface area contributed by atoms with E-state index in [2.05, 4.69) is 25.4 Å². The lowest BCUT2D eigenvalue weighted by molar-refractivity contribution is 0.0585. The molecule has 0 fully saturated rings. The highest BCUT2D eigenvalue weighted by molar-refractivity contribution is 5.92. The molecule has 0 aliphatic heterocycles. The zero-order valence-electron chi connectivity index (χ0n) is 15.4. The Balaban J connectivity index is 1.52. The van der Waals surface area contributed by atoms with Crippen LogP contribution in [0, 0.1) is 0 Å². The highest BCUT2D eigenvalue weighted by atomic mass is 16.5. The molecule has 2 N–H and O–H groups in total. The smallest absolute Gasteiger partial charge is 0.258 e. The number of fused-ring (bicyclic) bond motifs is 2. The lowest BCUT2D eigenvalue weighted by atomic mass is 10.1. The van der Waals surface area contributed by atoms with Gasteiger partial charge in [-0.3, -0.25) is 0 Å². The molecule has 140 valence electrons. The molecule has 28 heavy (non-hydrogen) atoms. The fourth-order valence-corrected chi connectivity index (χ4v) is 3.31. The van der Waals surface area contributed by atoms with Gasteiger partial charge in [-0.15, -0.1) is 5.10 Å². The number of nitrogens with one attached hydrogen (secondary N) is 1. The van der Waals surface area contributed by atoms with Gasteiger partial charge in [0.25, 0.3) is 5.89 Å². The maximum atomic E-state index is 10.0. The molecule has 5 aromatic rings. The molecule has 5 rings (SSSR count). The van der Waals surface area contributed by atoms with Gasteiger partial charge in [-0.05, 0) is 44.2 Å². The average molecular weight is 374 g/mol. The summed E-state index contributed by atoms with van der Waals surface area (Å²) in [7, 11) is 0. The van der Waals surface area contributed by atoms with E-state index in [0.29, 0.717) is 23.8 Å². The van der Waals surface area contributed by atoms with Gasteiger partial charge in [0.2, 0.25) is 5.82 Å². The third-order valence-corrected chi connectivity index (χ3v) is 4.55. The molecule has 0 unspecified atom stereocenters. The number of aliphatic hydroxyl groups is 1. The van der Waals surface area contributed by atoms with Crippen LogP contribution in [-0.4, -0.2) is 40.8 Å². The second kappa shape index (κ2) is 6.00. The summed E-state index contributed by atoms with van der Waals surface area (Å²) < 4.78 is 7.18. The lowest BCUT2D eigenvalue weighted by Crippen LogP contribution is -2.26. The molecule has 0 saturated carbocycles. The third kappa shape index (κ3) is 2.84. The molecule has 0 spiro atoms. The Labute approximate surface area is 159 Å². The number of H-pyrrole nitrogens is 1. The van der Waals surface area contributed by atoms with Crippen LogP contribution >= 0.6 is 0 Å². The van der Waals surface area contributed by atoms with Crippen LogP contribution in [0.5, 0.6) is 0 Å². The molecule has 8 nitrogen and oxygen atoms in total. The molecular weight excluding hydrogens is 356 g/mol. The topological polar surface area (TPSA) is 106 Å². The zero-order valence-corrected chi connectivity index (χ0v) is 15.4. The van der Waals surface area contributed by atoms with E-state index in [1.165, 1.54) is 0 Å². The number of para-hydroxylation sites is 1. The van der Waals surface area contributed by atoms with Crippen molar-refractivity contribution in [1.29, 1.82) is 0 Å². The lowest BCUT2D eigenvalue weighted by Gasteiger charge is -2.16. The second-order valence-corrected chi connectivity index (χ2v) is 7.43. The van der Waals surface area contributed by atoms with Crippen molar-refractivity contribution in [1.82, 2.24) is 30.1 Å².